The highest BCUT2D eigenvalue weighted by molar-refractivity contribution is 5.18. The minimum atomic E-state index is -0.390. The van der Waals surface area contributed by atoms with Crippen LogP contribution in [0.3, 0.4) is 0 Å². The molecule has 5 heteroatoms. The summed E-state index contributed by atoms with van der Waals surface area (Å²) < 4.78 is 27.3. The molecule has 1 atom stereocenters. The predicted octanol–water partition coefficient (Wildman–Crippen LogP) is 3.17. The lowest BCUT2D eigenvalue weighted by Gasteiger charge is -2.46. The molecule has 1 aromatic rings. The highest BCUT2D eigenvalue weighted by atomic mass is 19.1. The van der Waals surface area contributed by atoms with Crippen molar-refractivity contribution in [1.82, 2.24) is 9.80 Å². The van der Waals surface area contributed by atoms with Crippen LogP contribution in [-0.4, -0.2) is 53.2 Å². The lowest BCUT2D eigenvalue weighted by atomic mass is 9.91. The van der Waals surface area contributed by atoms with E-state index in [0.29, 0.717) is 24.2 Å². The highest BCUT2D eigenvalue weighted by Crippen LogP contribution is 2.27. The van der Waals surface area contributed by atoms with Crippen LogP contribution in [-0.2, 0) is 6.54 Å². The number of nitrogens with zero attached hydrogens (tertiary/aromatic N) is 2. The number of piperazine rings is 1. The molecule has 3 rings (SSSR count). The maximum absolute atomic E-state index is 13.9. The van der Waals surface area contributed by atoms with Crippen LogP contribution in [0.1, 0.15) is 44.1 Å². The number of aliphatic hydroxyl groups is 1. The molecule has 0 amide bonds. The third-order valence-electron chi connectivity index (χ3n) is 5.52. The Morgan fingerprint density at radius 2 is 1.88 bits per heavy atom. The Kier molecular flexibility index (Phi) is 6.19. The van der Waals surface area contributed by atoms with Gasteiger partial charge in [-0.2, -0.15) is 0 Å². The SMILES string of the molecule is OCC[C@H]1CN(Cc2cc(F)ccc2F)CCN1C1CCCCC1. The number of hydrogen-bond donors (Lipinski definition) is 1. The van der Waals surface area contributed by atoms with Crippen LogP contribution in [0.25, 0.3) is 0 Å². The van der Waals surface area contributed by atoms with E-state index in [-0.39, 0.29) is 18.2 Å². The van der Waals surface area contributed by atoms with Crippen LogP contribution in [0.5, 0.6) is 0 Å². The quantitative estimate of drug-likeness (QED) is 0.893. The molecule has 24 heavy (non-hydrogen) atoms. The summed E-state index contributed by atoms with van der Waals surface area (Å²) in [5.74, 6) is -0.732. The summed E-state index contributed by atoms with van der Waals surface area (Å²) in [6.45, 7) is 3.24. The predicted molar refractivity (Wildman–Crippen MR) is 90.7 cm³/mol. The van der Waals surface area contributed by atoms with Crippen LogP contribution in [0.4, 0.5) is 8.78 Å². The summed E-state index contributed by atoms with van der Waals surface area (Å²) in [6.07, 6.45) is 7.18. The minimum Gasteiger partial charge on any atom is -0.396 e. The third kappa shape index (κ3) is 4.32. The molecule has 1 saturated carbocycles. The summed E-state index contributed by atoms with van der Waals surface area (Å²) >= 11 is 0. The molecule has 0 aromatic heterocycles. The van der Waals surface area contributed by atoms with E-state index in [1.807, 2.05) is 0 Å². The highest BCUT2D eigenvalue weighted by Gasteiger charge is 2.32. The van der Waals surface area contributed by atoms with E-state index in [9.17, 15) is 13.9 Å². The van der Waals surface area contributed by atoms with Gasteiger partial charge in [-0.1, -0.05) is 19.3 Å². The van der Waals surface area contributed by atoms with Gasteiger partial charge in [0.15, 0.2) is 0 Å². The van der Waals surface area contributed by atoms with Gasteiger partial charge in [0.05, 0.1) is 0 Å². The second-order valence-corrected chi connectivity index (χ2v) is 7.17. The van der Waals surface area contributed by atoms with Crippen molar-refractivity contribution in [3.63, 3.8) is 0 Å². The molecule has 1 N–H and O–H groups in total. The van der Waals surface area contributed by atoms with Crippen molar-refractivity contribution >= 4 is 0 Å². The van der Waals surface area contributed by atoms with Gasteiger partial charge in [0.25, 0.3) is 0 Å². The Morgan fingerprint density at radius 3 is 2.62 bits per heavy atom. The van der Waals surface area contributed by atoms with E-state index in [4.69, 9.17) is 0 Å². The second kappa shape index (κ2) is 8.37. The third-order valence-corrected chi connectivity index (χ3v) is 5.52. The number of rotatable bonds is 5. The van der Waals surface area contributed by atoms with Gasteiger partial charge in [-0.25, -0.2) is 8.78 Å². The van der Waals surface area contributed by atoms with Crippen molar-refractivity contribution in [3.8, 4) is 0 Å². The summed E-state index contributed by atoms with van der Waals surface area (Å²) in [7, 11) is 0. The average molecular weight is 338 g/mol. The first-order valence-electron chi connectivity index (χ1n) is 9.20. The van der Waals surface area contributed by atoms with Crippen molar-refractivity contribution < 1.29 is 13.9 Å². The molecule has 2 fully saturated rings. The molecule has 0 spiro atoms. The Morgan fingerprint density at radius 1 is 1.08 bits per heavy atom. The number of halogens is 2. The van der Waals surface area contributed by atoms with Crippen molar-refractivity contribution in [2.75, 3.05) is 26.2 Å². The first kappa shape index (κ1) is 17.8. The Labute approximate surface area is 143 Å². The summed E-state index contributed by atoms with van der Waals surface area (Å²) in [5, 5.41) is 9.44. The molecular formula is C19H28F2N2O. The molecule has 3 nitrogen and oxygen atoms in total. The monoisotopic (exact) mass is 338 g/mol. The lowest BCUT2D eigenvalue weighted by molar-refractivity contribution is 0.0133. The molecule has 1 aliphatic carbocycles. The molecule has 1 aromatic carbocycles. The van der Waals surface area contributed by atoms with Gasteiger partial charge in [-0.15, -0.1) is 0 Å². The minimum absolute atomic E-state index is 0.177. The molecule has 0 bridgehead atoms. The molecule has 1 heterocycles. The van der Waals surface area contributed by atoms with Gasteiger partial charge in [0.2, 0.25) is 0 Å². The number of benzene rings is 1. The standard InChI is InChI=1S/C19H28F2N2O/c20-16-6-7-19(21)15(12-16)13-22-9-10-23(18(14-22)8-11-24)17-4-2-1-3-5-17/h6-7,12,17-18,24H,1-5,8-11,13-14H2/t18-/m0/s1. The lowest BCUT2D eigenvalue weighted by Crippen LogP contribution is -2.56. The molecule has 0 unspecified atom stereocenters. The van der Waals surface area contributed by atoms with Gasteiger partial charge >= 0.3 is 0 Å². The first-order chi connectivity index (χ1) is 11.7. The van der Waals surface area contributed by atoms with Crippen LogP contribution in [0.15, 0.2) is 18.2 Å². The zero-order chi connectivity index (χ0) is 16.9. The Hall–Kier alpha value is -1.04. The molecular weight excluding hydrogens is 310 g/mol. The van der Waals surface area contributed by atoms with Gasteiger partial charge in [-0.3, -0.25) is 9.80 Å². The summed E-state index contributed by atoms with van der Waals surface area (Å²) in [4.78, 5) is 4.76. The topological polar surface area (TPSA) is 26.7 Å². The summed E-state index contributed by atoms with van der Waals surface area (Å²) in [6, 6.07) is 4.60. The Bertz CT molecular complexity index is 534. The Balaban J connectivity index is 1.64. The number of hydrogen-bond acceptors (Lipinski definition) is 3. The summed E-state index contributed by atoms with van der Waals surface area (Å²) in [5.41, 5.74) is 0.420. The van der Waals surface area contributed by atoms with Crippen molar-refractivity contribution in [1.29, 1.82) is 0 Å². The van der Waals surface area contributed by atoms with Gasteiger partial charge in [-0.05, 0) is 37.5 Å². The fraction of sp³-hybridized carbons (Fsp3) is 0.684. The molecule has 0 radical (unpaired) electrons. The first-order valence-corrected chi connectivity index (χ1v) is 9.20. The average Bonchev–Trinajstić information content (AvgIpc) is 2.59. The van der Waals surface area contributed by atoms with E-state index >= 15 is 0 Å². The number of aliphatic hydroxyl groups excluding tert-OH is 1. The second-order valence-electron chi connectivity index (χ2n) is 7.17. The molecule has 2 aliphatic rings. The van der Waals surface area contributed by atoms with E-state index in [0.717, 1.165) is 32.1 Å². The van der Waals surface area contributed by atoms with E-state index in [2.05, 4.69) is 9.80 Å². The molecule has 134 valence electrons. The van der Waals surface area contributed by atoms with Crippen LogP contribution in [0.2, 0.25) is 0 Å². The van der Waals surface area contributed by atoms with E-state index in [1.165, 1.54) is 44.2 Å². The normalized spacial score (nSPS) is 24.4. The van der Waals surface area contributed by atoms with Crippen molar-refractivity contribution in [3.05, 3.63) is 35.4 Å². The molecule has 1 aliphatic heterocycles. The van der Waals surface area contributed by atoms with Crippen molar-refractivity contribution in [2.45, 2.75) is 57.2 Å². The van der Waals surface area contributed by atoms with Gasteiger partial charge < -0.3 is 5.11 Å². The fourth-order valence-corrected chi connectivity index (χ4v) is 4.28. The zero-order valence-corrected chi connectivity index (χ0v) is 14.3. The van der Waals surface area contributed by atoms with Crippen molar-refractivity contribution in [2.24, 2.45) is 0 Å². The largest absolute Gasteiger partial charge is 0.396 e. The zero-order valence-electron chi connectivity index (χ0n) is 14.3. The maximum Gasteiger partial charge on any atom is 0.127 e. The van der Waals surface area contributed by atoms with Gasteiger partial charge in [0, 0.05) is 50.4 Å². The van der Waals surface area contributed by atoms with Crippen LogP contribution >= 0.6 is 0 Å². The maximum atomic E-state index is 13.9. The van der Waals surface area contributed by atoms with Crippen LogP contribution < -0.4 is 0 Å². The fourth-order valence-electron chi connectivity index (χ4n) is 4.28. The van der Waals surface area contributed by atoms with E-state index in [1.54, 1.807) is 0 Å². The van der Waals surface area contributed by atoms with E-state index < -0.39 is 0 Å². The smallest absolute Gasteiger partial charge is 0.127 e. The van der Waals surface area contributed by atoms with Gasteiger partial charge in [0.1, 0.15) is 11.6 Å². The molecule has 1 saturated heterocycles. The van der Waals surface area contributed by atoms with Crippen LogP contribution in [0, 0.1) is 11.6 Å².